The largest absolute Gasteiger partial charge is 0.391 e. The molecular weight excluding hydrogens is 235 g/mol. The standard InChI is InChI=1S/C10H18F3N3O/c11-10(12,13)8-3-6-16(7-4-8)5-1-2-9(17)15-14/h8H,1-7,14H2,(H,15,17). The molecule has 0 spiro atoms. The van der Waals surface area contributed by atoms with E-state index in [1.54, 1.807) is 0 Å². The number of nitrogens with one attached hydrogen (secondary N) is 1. The molecule has 1 aliphatic heterocycles. The number of rotatable bonds is 4. The Morgan fingerprint density at radius 1 is 1.35 bits per heavy atom. The predicted molar refractivity (Wildman–Crippen MR) is 56.8 cm³/mol. The van der Waals surface area contributed by atoms with Crippen molar-refractivity contribution in [2.75, 3.05) is 19.6 Å². The molecule has 1 fully saturated rings. The van der Waals surface area contributed by atoms with Gasteiger partial charge in [0.1, 0.15) is 0 Å². The van der Waals surface area contributed by atoms with Crippen molar-refractivity contribution in [1.29, 1.82) is 0 Å². The van der Waals surface area contributed by atoms with Gasteiger partial charge >= 0.3 is 6.18 Å². The van der Waals surface area contributed by atoms with Crippen molar-refractivity contribution in [3.63, 3.8) is 0 Å². The van der Waals surface area contributed by atoms with Gasteiger partial charge < -0.3 is 4.90 Å². The van der Waals surface area contributed by atoms with E-state index in [2.05, 4.69) is 0 Å². The lowest BCUT2D eigenvalue weighted by molar-refractivity contribution is -0.185. The van der Waals surface area contributed by atoms with Crippen LogP contribution in [0.25, 0.3) is 0 Å². The van der Waals surface area contributed by atoms with Gasteiger partial charge in [0.2, 0.25) is 5.91 Å². The van der Waals surface area contributed by atoms with Crippen molar-refractivity contribution < 1.29 is 18.0 Å². The molecular formula is C10H18F3N3O. The van der Waals surface area contributed by atoms with E-state index in [9.17, 15) is 18.0 Å². The van der Waals surface area contributed by atoms with Crippen molar-refractivity contribution in [1.82, 2.24) is 10.3 Å². The molecule has 100 valence electrons. The highest BCUT2D eigenvalue weighted by Crippen LogP contribution is 2.33. The van der Waals surface area contributed by atoms with Crippen LogP contribution in [0.2, 0.25) is 0 Å². The van der Waals surface area contributed by atoms with E-state index < -0.39 is 12.1 Å². The van der Waals surface area contributed by atoms with Crippen LogP contribution in [0.15, 0.2) is 0 Å². The molecule has 0 aromatic heterocycles. The molecule has 0 saturated carbocycles. The second kappa shape index (κ2) is 6.20. The smallest absolute Gasteiger partial charge is 0.303 e. The second-order valence-corrected chi connectivity index (χ2v) is 4.33. The summed E-state index contributed by atoms with van der Waals surface area (Å²) in [5.74, 6) is 3.52. The summed E-state index contributed by atoms with van der Waals surface area (Å²) in [6.45, 7) is 1.56. The fourth-order valence-corrected chi connectivity index (χ4v) is 2.02. The monoisotopic (exact) mass is 253 g/mol. The summed E-state index contributed by atoms with van der Waals surface area (Å²) in [6, 6.07) is 0. The minimum Gasteiger partial charge on any atom is -0.303 e. The minimum absolute atomic E-state index is 0.159. The van der Waals surface area contributed by atoms with Crippen LogP contribution < -0.4 is 11.3 Å². The number of amides is 1. The summed E-state index contributed by atoms with van der Waals surface area (Å²) in [5.41, 5.74) is 2.02. The Morgan fingerprint density at radius 3 is 2.41 bits per heavy atom. The average molecular weight is 253 g/mol. The normalized spacial score (nSPS) is 19.3. The topological polar surface area (TPSA) is 58.4 Å². The summed E-state index contributed by atoms with van der Waals surface area (Å²) < 4.78 is 37.2. The molecule has 1 aliphatic rings. The van der Waals surface area contributed by atoms with Crippen LogP contribution in [-0.4, -0.2) is 36.6 Å². The Bertz CT molecular complexity index is 250. The van der Waals surface area contributed by atoms with Gasteiger partial charge in [0.15, 0.2) is 0 Å². The summed E-state index contributed by atoms with van der Waals surface area (Å²) in [6.07, 6.45) is -2.81. The number of nitrogens with zero attached hydrogens (tertiary/aromatic N) is 1. The fraction of sp³-hybridized carbons (Fsp3) is 0.900. The van der Waals surface area contributed by atoms with Crippen molar-refractivity contribution in [2.24, 2.45) is 11.8 Å². The van der Waals surface area contributed by atoms with Crippen LogP contribution in [0.3, 0.4) is 0 Å². The van der Waals surface area contributed by atoms with Gasteiger partial charge in [-0.1, -0.05) is 0 Å². The molecule has 0 aromatic carbocycles. The molecule has 0 bridgehead atoms. The molecule has 0 atom stereocenters. The molecule has 0 unspecified atom stereocenters. The van der Waals surface area contributed by atoms with Gasteiger partial charge in [-0.25, -0.2) is 5.84 Å². The Morgan fingerprint density at radius 2 is 1.94 bits per heavy atom. The zero-order valence-electron chi connectivity index (χ0n) is 9.59. The van der Waals surface area contributed by atoms with Gasteiger partial charge in [0, 0.05) is 6.42 Å². The molecule has 0 radical (unpaired) electrons. The van der Waals surface area contributed by atoms with E-state index in [1.807, 2.05) is 10.3 Å². The van der Waals surface area contributed by atoms with E-state index in [0.717, 1.165) is 0 Å². The lowest BCUT2D eigenvalue weighted by Gasteiger charge is -2.32. The molecule has 4 nitrogen and oxygen atoms in total. The molecule has 3 N–H and O–H groups in total. The Kier molecular flexibility index (Phi) is 5.20. The van der Waals surface area contributed by atoms with Gasteiger partial charge in [-0.15, -0.1) is 0 Å². The zero-order valence-corrected chi connectivity index (χ0v) is 9.59. The number of hydrogen-bond donors (Lipinski definition) is 2. The Hall–Kier alpha value is -0.820. The summed E-state index contributed by atoms with van der Waals surface area (Å²) in [4.78, 5) is 12.8. The average Bonchev–Trinajstić information content (AvgIpc) is 2.28. The number of alkyl halides is 3. The van der Waals surface area contributed by atoms with Crippen LogP contribution in [0, 0.1) is 5.92 Å². The SMILES string of the molecule is NNC(=O)CCCN1CCC(C(F)(F)F)CC1. The Balaban J connectivity index is 2.17. The van der Waals surface area contributed by atoms with Crippen molar-refractivity contribution in [3.8, 4) is 0 Å². The first-order valence-electron chi connectivity index (χ1n) is 5.72. The number of halogens is 3. The minimum atomic E-state index is -4.06. The molecule has 0 aromatic rings. The summed E-state index contributed by atoms with van der Waals surface area (Å²) >= 11 is 0. The van der Waals surface area contributed by atoms with Gasteiger partial charge in [-0.05, 0) is 38.9 Å². The summed E-state index contributed by atoms with van der Waals surface area (Å²) in [5, 5.41) is 0. The third kappa shape index (κ3) is 4.91. The lowest BCUT2D eigenvalue weighted by atomic mass is 9.96. The van der Waals surface area contributed by atoms with Gasteiger partial charge in [0.25, 0.3) is 0 Å². The fourth-order valence-electron chi connectivity index (χ4n) is 2.02. The number of carbonyl (C=O) groups excluding carboxylic acids is 1. The van der Waals surface area contributed by atoms with E-state index in [-0.39, 0.29) is 18.7 Å². The van der Waals surface area contributed by atoms with Crippen molar-refractivity contribution in [3.05, 3.63) is 0 Å². The van der Waals surface area contributed by atoms with Crippen LogP contribution >= 0.6 is 0 Å². The Labute approximate surface area is 98.3 Å². The number of carbonyl (C=O) groups is 1. The third-order valence-electron chi connectivity index (χ3n) is 3.09. The molecule has 7 heteroatoms. The number of likely N-dealkylation sites (tertiary alicyclic amines) is 1. The first-order chi connectivity index (χ1) is 7.93. The highest BCUT2D eigenvalue weighted by Gasteiger charge is 2.40. The maximum Gasteiger partial charge on any atom is 0.391 e. The van der Waals surface area contributed by atoms with Crippen molar-refractivity contribution >= 4 is 5.91 Å². The highest BCUT2D eigenvalue weighted by atomic mass is 19.4. The number of nitrogens with two attached hydrogens (primary N) is 1. The van der Waals surface area contributed by atoms with Gasteiger partial charge in [-0.3, -0.25) is 10.2 Å². The van der Waals surface area contributed by atoms with Gasteiger partial charge in [-0.2, -0.15) is 13.2 Å². The van der Waals surface area contributed by atoms with Crippen LogP contribution in [0.1, 0.15) is 25.7 Å². The first kappa shape index (κ1) is 14.2. The second-order valence-electron chi connectivity index (χ2n) is 4.33. The molecule has 1 heterocycles. The number of piperidine rings is 1. The molecule has 0 aliphatic carbocycles. The maximum atomic E-state index is 12.4. The quantitative estimate of drug-likeness (QED) is 0.447. The molecule has 1 rings (SSSR count). The number of hydrazine groups is 1. The summed E-state index contributed by atoms with van der Waals surface area (Å²) in [7, 11) is 0. The lowest BCUT2D eigenvalue weighted by Crippen LogP contribution is -2.39. The molecule has 1 saturated heterocycles. The highest BCUT2D eigenvalue weighted by molar-refractivity contribution is 5.75. The molecule has 17 heavy (non-hydrogen) atoms. The van der Waals surface area contributed by atoms with E-state index in [0.29, 0.717) is 32.5 Å². The van der Waals surface area contributed by atoms with Crippen molar-refractivity contribution in [2.45, 2.75) is 31.9 Å². The van der Waals surface area contributed by atoms with Gasteiger partial charge in [0.05, 0.1) is 5.92 Å². The van der Waals surface area contributed by atoms with Crippen LogP contribution in [-0.2, 0) is 4.79 Å². The third-order valence-corrected chi connectivity index (χ3v) is 3.09. The predicted octanol–water partition coefficient (Wildman–Crippen LogP) is 1.03. The van der Waals surface area contributed by atoms with E-state index >= 15 is 0 Å². The van der Waals surface area contributed by atoms with Crippen LogP contribution in [0.5, 0.6) is 0 Å². The first-order valence-corrected chi connectivity index (χ1v) is 5.72. The molecule has 1 amide bonds. The van der Waals surface area contributed by atoms with Crippen LogP contribution in [0.4, 0.5) is 13.2 Å². The van der Waals surface area contributed by atoms with E-state index in [4.69, 9.17) is 5.84 Å². The van der Waals surface area contributed by atoms with E-state index in [1.165, 1.54) is 0 Å². The maximum absolute atomic E-state index is 12.4. The zero-order chi connectivity index (χ0) is 12.9. The number of hydrogen-bond acceptors (Lipinski definition) is 3.